The van der Waals surface area contributed by atoms with E-state index in [0.717, 1.165) is 37.3 Å². The smallest absolute Gasteiger partial charge is 0.0655 e. The predicted molar refractivity (Wildman–Crippen MR) is 74.3 cm³/mol. The fourth-order valence-corrected chi connectivity index (χ4v) is 2.78. The van der Waals surface area contributed by atoms with Crippen molar-refractivity contribution in [2.45, 2.75) is 38.3 Å². The molecule has 1 saturated carbocycles. The van der Waals surface area contributed by atoms with E-state index in [1.807, 2.05) is 12.1 Å². The van der Waals surface area contributed by atoms with Gasteiger partial charge < -0.3 is 0 Å². The lowest BCUT2D eigenvalue weighted by molar-refractivity contribution is 0.171. The van der Waals surface area contributed by atoms with Gasteiger partial charge in [0.25, 0.3) is 0 Å². The third-order valence-corrected chi connectivity index (χ3v) is 4.10. The molecule has 96 valence electrons. The van der Waals surface area contributed by atoms with Crippen LogP contribution < -0.4 is 0 Å². The highest BCUT2D eigenvalue weighted by atomic mass is 35.5. The molecule has 0 saturated heterocycles. The molecular formula is C15H19ClN2. The van der Waals surface area contributed by atoms with Gasteiger partial charge in [-0.2, -0.15) is 5.26 Å². The van der Waals surface area contributed by atoms with Crippen molar-refractivity contribution in [1.29, 1.82) is 5.26 Å². The minimum atomic E-state index is 0.283. The summed E-state index contributed by atoms with van der Waals surface area (Å²) in [6.45, 7) is 0.957. The number of hydrogen-bond acceptors (Lipinski definition) is 2. The molecular weight excluding hydrogens is 244 g/mol. The maximum absolute atomic E-state index is 8.90. The highest BCUT2D eigenvalue weighted by Gasteiger charge is 2.23. The normalized spacial score (nSPS) is 23.9. The molecule has 1 fully saturated rings. The van der Waals surface area contributed by atoms with E-state index in [1.165, 1.54) is 5.56 Å². The van der Waals surface area contributed by atoms with Crippen molar-refractivity contribution in [2.24, 2.45) is 5.92 Å². The summed E-state index contributed by atoms with van der Waals surface area (Å²) in [6, 6.07) is 11.1. The first-order valence-electron chi connectivity index (χ1n) is 6.53. The Kier molecular flexibility index (Phi) is 4.63. The Morgan fingerprint density at radius 3 is 2.39 bits per heavy atom. The van der Waals surface area contributed by atoms with E-state index < -0.39 is 0 Å². The van der Waals surface area contributed by atoms with Crippen LogP contribution in [0.4, 0.5) is 0 Å². The van der Waals surface area contributed by atoms with Crippen LogP contribution in [0.5, 0.6) is 0 Å². The Balaban J connectivity index is 1.87. The van der Waals surface area contributed by atoms with Crippen LogP contribution in [0.2, 0.25) is 5.02 Å². The van der Waals surface area contributed by atoms with Crippen molar-refractivity contribution in [3.8, 4) is 6.07 Å². The van der Waals surface area contributed by atoms with Crippen molar-refractivity contribution in [3.05, 3.63) is 34.9 Å². The zero-order valence-electron chi connectivity index (χ0n) is 10.8. The molecule has 1 aromatic rings. The van der Waals surface area contributed by atoms with Gasteiger partial charge in [0, 0.05) is 23.5 Å². The number of hydrogen-bond donors (Lipinski definition) is 0. The van der Waals surface area contributed by atoms with Crippen LogP contribution in [0.25, 0.3) is 0 Å². The molecule has 1 aromatic carbocycles. The van der Waals surface area contributed by atoms with E-state index in [9.17, 15) is 0 Å². The number of halogens is 1. The molecule has 1 aliphatic carbocycles. The zero-order valence-corrected chi connectivity index (χ0v) is 11.5. The molecule has 0 radical (unpaired) electrons. The Labute approximate surface area is 114 Å². The molecule has 3 heteroatoms. The van der Waals surface area contributed by atoms with E-state index >= 15 is 0 Å². The first-order chi connectivity index (χ1) is 8.69. The molecule has 0 N–H and O–H groups in total. The van der Waals surface area contributed by atoms with Crippen LogP contribution in [0, 0.1) is 17.2 Å². The van der Waals surface area contributed by atoms with E-state index in [1.54, 1.807) is 0 Å². The highest BCUT2D eigenvalue weighted by molar-refractivity contribution is 6.30. The second kappa shape index (κ2) is 6.22. The average molecular weight is 263 g/mol. The van der Waals surface area contributed by atoms with Gasteiger partial charge >= 0.3 is 0 Å². The van der Waals surface area contributed by atoms with E-state index in [4.69, 9.17) is 16.9 Å². The van der Waals surface area contributed by atoms with Gasteiger partial charge in [-0.25, -0.2) is 0 Å². The topological polar surface area (TPSA) is 27.0 Å². The average Bonchev–Trinajstić information content (AvgIpc) is 2.41. The van der Waals surface area contributed by atoms with Crippen LogP contribution in [0.15, 0.2) is 24.3 Å². The summed E-state index contributed by atoms with van der Waals surface area (Å²) < 4.78 is 0. The highest BCUT2D eigenvalue weighted by Crippen LogP contribution is 2.27. The van der Waals surface area contributed by atoms with Gasteiger partial charge in [0.05, 0.1) is 6.07 Å². The number of nitrogens with zero attached hydrogens (tertiary/aromatic N) is 2. The second-order valence-electron chi connectivity index (χ2n) is 5.18. The van der Waals surface area contributed by atoms with Gasteiger partial charge in [0.15, 0.2) is 0 Å². The molecule has 0 heterocycles. The minimum absolute atomic E-state index is 0.283. The molecule has 0 aliphatic heterocycles. The van der Waals surface area contributed by atoms with Gasteiger partial charge in [0.1, 0.15) is 0 Å². The molecule has 0 unspecified atom stereocenters. The summed E-state index contributed by atoms with van der Waals surface area (Å²) in [4.78, 5) is 2.40. The molecule has 0 amide bonds. The van der Waals surface area contributed by atoms with E-state index in [-0.39, 0.29) is 5.92 Å². The van der Waals surface area contributed by atoms with Crippen molar-refractivity contribution in [2.75, 3.05) is 7.05 Å². The summed E-state index contributed by atoms with van der Waals surface area (Å²) in [5.41, 5.74) is 1.30. The van der Waals surface area contributed by atoms with Crippen molar-refractivity contribution in [3.63, 3.8) is 0 Å². The lowest BCUT2D eigenvalue weighted by atomic mass is 9.86. The summed E-state index contributed by atoms with van der Waals surface area (Å²) in [7, 11) is 2.17. The van der Waals surface area contributed by atoms with E-state index in [0.29, 0.717) is 6.04 Å². The first kappa shape index (κ1) is 13.4. The second-order valence-corrected chi connectivity index (χ2v) is 5.61. The van der Waals surface area contributed by atoms with Crippen LogP contribution in [0.1, 0.15) is 31.2 Å². The fraction of sp³-hybridized carbons (Fsp3) is 0.533. The molecule has 0 atom stereocenters. The SMILES string of the molecule is CN(Cc1ccc(Cl)cc1)C1CCC(C#N)CC1. The van der Waals surface area contributed by atoms with Crippen molar-refractivity contribution in [1.82, 2.24) is 4.90 Å². The van der Waals surface area contributed by atoms with Crippen LogP contribution in [0.3, 0.4) is 0 Å². The first-order valence-corrected chi connectivity index (χ1v) is 6.91. The van der Waals surface area contributed by atoms with Crippen molar-refractivity contribution < 1.29 is 0 Å². The lowest BCUT2D eigenvalue weighted by Gasteiger charge is -2.32. The molecule has 2 rings (SSSR count). The summed E-state index contributed by atoms with van der Waals surface area (Å²) >= 11 is 5.88. The van der Waals surface area contributed by atoms with Gasteiger partial charge in [0.2, 0.25) is 0 Å². The Bertz CT molecular complexity index is 413. The predicted octanol–water partition coefficient (Wildman–Crippen LogP) is 3.85. The summed E-state index contributed by atoms with van der Waals surface area (Å²) in [5.74, 6) is 0.283. The monoisotopic (exact) mass is 262 g/mol. The van der Waals surface area contributed by atoms with Crippen LogP contribution >= 0.6 is 11.6 Å². The number of rotatable bonds is 3. The zero-order chi connectivity index (χ0) is 13.0. The standard InChI is InChI=1S/C15H19ClN2/c1-18(11-13-2-6-14(16)7-3-13)15-8-4-12(10-17)5-9-15/h2-3,6-7,12,15H,4-5,8-9,11H2,1H3. The maximum atomic E-state index is 8.90. The molecule has 18 heavy (non-hydrogen) atoms. The number of benzene rings is 1. The Hall–Kier alpha value is -1.04. The number of nitriles is 1. The summed E-state index contributed by atoms with van der Waals surface area (Å²) in [5, 5.41) is 9.69. The van der Waals surface area contributed by atoms with Crippen molar-refractivity contribution >= 4 is 11.6 Å². The van der Waals surface area contributed by atoms with Gasteiger partial charge in [-0.15, -0.1) is 0 Å². The molecule has 2 nitrogen and oxygen atoms in total. The third kappa shape index (κ3) is 3.48. The lowest BCUT2D eigenvalue weighted by Crippen LogP contribution is -2.34. The Morgan fingerprint density at radius 1 is 1.22 bits per heavy atom. The fourth-order valence-electron chi connectivity index (χ4n) is 2.65. The van der Waals surface area contributed by atoms with Crippen LogP contribution in [-0.4, -0.2) is 18.0 Å². The van der Waals surface area contributed by atoms with Crippen LogP contribution in [-0.2, 0) is 6.54 Å². The van der Waals surface area contributed by atoms with E-state index in [2.05, 4.69) is 30.1 Å². The van der Waals surface area contributed by atoms with Gasteiger partial charge in [-0.1, -0.05) is 23.7 Å². The molecule has 0 bridgehead atoms. The minimum Gasteiger partial charge on any atom is -0.299 e. The quantitative estimate of drug-likeness (QED) is 0.827. The molecule has 0 spiro atoms. The molecule has 1 aliphatic rings. The largest absolute Gasteiger partial charge is 0.299 e. The Morgan fingerprint density at radius 2 is 1.83 bits per heavy atom. The third-order valence-electron chi connectivity index (χ3n) is 3.85. The van der Waals surface area contributed by atoms with Gasteiger partial charge in [-0.3, -0.25) is 4.90 Å². The van der Waals surface area contributed by atoms with Gasteiger partial charge in [-0.05, 0) is 50.4 Å². The summed E-state index contributed by atoms with van der Waals surface area (Å²) in [6.07, 6.45) is 4.38. The maximum Gasteiger partial charge on any atom is 0.0655 e. The molecule has 0 aromatic heterocycles.